The number of non-ortho nitro benzene ring substituents is 1. The molecule has 0 radical (unpaired) electrons. The molecular formula is C24H15NO8. The number of esters is 2. The maximum Gasteiger partial charge on any atom is 0.343 e. The summed E-state index contributed by atoms with van der Waals surface area (Å²) in [6, 6.07) is 15.8. The summed E-state index contributed by atoms with van der Waals surface area (Å²) in [4.78, 5) is 46.6. The molecule has 0 amide bonds. The molecule has 0 atom stereocenters. The number of methoxy groups -OCH3 is 1. The van der Waals surface area contributed by atoms with Crippen molar-refractivity contribution in [1.82, 2.24) is 0 Å². The van der Waals surface area contributed by atoms with E-state index in [0.29, 0.717) is 16.7 Å². The number of hydrogen-bond donors (Lipinski definition) is 0. The van der Waals surface area contributed by atoms with Gasteiger partial charge in [0.2, 0.25) is 5.78 Å². The van der Waals surface area contributed by atoms with Crippen molar-refractivity contribution >= 4 is 29.5 Å². The third-order valence-electron chi connectivity index (χ3n) is 4.80. The van der Waals surface area contributed by atoms with Gasteiger partial charge in [-0.15, -0.1) is 0 Å². The van der Waals surface area contributed by atoms with Crippen LogP contribution in [0.5, 0.6) is 11.5 Å². The van der Waals surface area contributed by atoms with Crippen molar-refractivity contribution in [3.05, 3.63) is 105 Å². The van der Waals surface area contributed by atoms with E-state index in [4.69, 9.17) is 9.47 Å². The molecule has 0 bridgehead atoms. The first-order chi connectivity index (χ1) is 15.9. The molecule has 164 valence electrons. The Hall–Kier alpha value is -4.79. The Morgan fingerprint density at radius 2 is 1.58 bits per heavy atom. The van der Waals surface area contributed by atoms with Gasteiger partial charge in [0.1, 0.15) is 11.5 Å². The SMILES string of the molecule is COC(=O)c1ccc(/C=C2\Oc3cc(OC(=O)c4ccc([N+](=O)[O-])cc4)ccc3C2=O)cc1. The molecule has 3 aromatic rings. The summed E-state index contributed by atoms with van der Waals surface area (Å²) >= 11 is 0. The Morgan fingerprint density at radius 1 is 0.939 bits per heavy atom. The van der Waals surface area contributed by atoms with Crippen LogP contribution in [0.25, 0.3) is 6.08 Å². The fraction of sp³-hybridized carbons (Fsp3) is 0.0417. The van der Waals surface area contributed by atoms with Crippen molar-refractivity contribution in [3.63, 3.8) is 0 Å². The summed E-state index contributed by atoms with van der Waals surface area (Å²) < 4.78 is 15.6. The summed E-state index contributed by atoms with van der Waals surface area (Å²) in [5, 5.41) is 10.7. The third-order valence-corrected chi connectivity index (χ3v) is 4.80. The van der Waals surface area contributed by atoms with E-state index in [9.17, 15) is 24.5 Å². The van der Waals surface area contributed by atoms with Gasteiger partial charge in [-0.05, 0) is 48.0 Å². The van der Waals surface area contributed by atoms with Crippen molar-refractivity contribution in [2.75, 3.05) is 7.11 Å². The van der Waals surface area contributed by atoms with Crippen molar-refractivity contribution in [2.45, 2.75) is 0 Å². The number of allylic oxidation sites excluding steroid dienone is 1. The van der Waals surface area contributed by atoms with Gasteiger partial charge in [0.05, 0.1) is 28.7 Å². The molecule has 4 rings (SSSR count). The van der Waals surface area contributed by atoms with E-state index in [0.717, 1.165) is 0 Å². The monoisotopic (exact) mass is 445 g/mol. The summed E-state index contributed by atoms with van der Waals surface area (Å²) in [7, 11) is 1.29. The Balaban J connectivity index is 1.49. The smallest absolute Gasteiger partial charge is 0.343 e. The van der Waals surface area contributed by atoms with E-state index >= 15 is 0 Å². The number of ether oxygens (including phenoxy) is 3. The number of nitro benzene ring substituents is 1. The van der Waals surface area contributed by atoms with Crippen LogP contribution in [0.15, 0.2) is 72.5 Å². The zero-order valence-corrected chi connectivity index (χ0v) is 17.1. The van der Waals surface area contributed by atoms with E-state index in [1.54, 1.807) is 24.3 Å². The standard InChI is InChI=1S/C24H15NO8/c1-31-23(27)15-4-2-14(3-5-15)12-21-22(26)19-11-10-18(13-20(19)33-21)32-24(28)16-6-8-17(9-7-16)25(29)30/h2-13H,1H3/b21-12-. The lowest BCUT2D eigenvalue weighted by molar-refractivity contribution is -0.384. The number of nitrogens with zero attached hydrogens (tertiary/aromatic N) is 1. The van der Waals surface area contributed by atoms with Gasteiger partial charge in [-0.3, -0.25) is 14.9 Å². The van der Waals surface area contributed by atoms with Crippen LogP contribution >= 0.6 is 0 Å². The first-order valence-corrected chi connectivity index (χ1v) is 9.59. The number of hydrogen-bond acceptors (Lipinski definition) is 8. The van der Waals surface area contributed by atoms with Crippen molar-refractivity contribution in [3.8, 4) is 11.5 Å². The quantitative estimate of drug-likeness (QED) is 0.188. The normalized spacial score (nSPS) is 13.2. The zero-order valence-electron chi connectivity index (χ0n) is 17.1. The lowest BCUT2D eigenvalue weighted by Gasteiger charge is -2.05. The van der Waals surface area contributed by atoms with E-state index in [-0.39, 0.29) is 34.3 Å². The average Bonchev–Trinajstić information content (AvgIpc) is 3.13. The molecule has 0 saturated carbocycles. The molecule has 0 saturated heterocycles. The third kappa shape index (κ3) is 4.47. The molecule has 1 aliphatic heterocycles. The summed E-state index contributed by atoms with van der Waals surface area (Å²) in [5.74, 6) is -1.06. The highest BCUT2D eigenvalue weighted by Gasteiger charge is 2.28. The van der Waals surface area contributed by atoms with Gasteiger partial charge in [0, 0.05) is 18.2 Å². The number of nitro groups is 1. The van der Waals surface area contributed by atoms with Crippen LogP contribution in [-0.2, 0) is 4.74 Å². The molecule has 1 heterocycles. The van der Waals surface area contributed by atoms with E-state index < -0.39 is 16.9 Å². The molecule has 1 aliphatic rings. The minimum absolute atomic E-state index is 0.0784. The van der Waals surface area contributed by atoms with Crippen LogP contribution in [-0.4, -0.2) is 29.8 Å². The molecule has 3 aromatic carbocycles. The number of rotatable bonds is 5. The molecule has 33 heavy (non-hydrogen) atoms. The van der Waals surface area contributed by atoms with Gasteiger partial charge in [-0.1, -0.05) is 12.1 Å². The highest BCUT2D eigenvalue weighted by atomic mass is 16.6. The van der Waals surface area contributed by atoms with Gasteiger partial charge < -0.3 is 14.2 Å². The summed E-state index contributed by atoms with van der Waals surface area (Å²) in [5.41, 5.74) is 1.32. The Kier molecular flexibility index (Phi) is 5.69. The van der Waals surface area contributed by atoms with Crippen molar-refractivity contribution in [2.24, 2.45) is 0 Å². The van der Waals surface area contributed by atoms with E-state index in [2.05, 4.69) is 4.74 Å². The predicted molar refractivity (Wildman–Crippen MR) is 115 cm³/mol. The number of carbonyl (C=O) groups excluding carboxylic acids is 3. The second-order valence-corrected chi connectivity index (χ2v) is 6.90. The number of carbonyl (C=O) groups is 3. The fourth-order valence-electron chi connectivity index (χ4n) is 3.10. The lowest BCUT2D eigenvalue weighted by atomic mass is 10.1. The summed E-state index contributed by atoms with van der Waals surface area (Å²) in [6.07, 6.45) is 1.53. The first kappa shape index (κ1) is 21.4. The molecule has 0 unspecified atom stereocenters. The van der Waals surface area contributed by atoms with Crippen LogP contribution in [0.2, 0.25) is 0 Å². The molecule has 0 N–H and O–H groups in total. The van der Waals surface area contributed by atoms with Crippen LogP contribution in [0.4, 0.5) is 5.69 Å². The Labute approximate surface area is 187 Å². The molecule has 0 fully saturated rings. The van der Waals surface area contributed by atoms with Crippen LogP contribution in [0, 0.1) is 10.1 Å². The highest BCUT2D eigenvalue weighted by molar-refractivity contribution is 6.14. The maximum absolute atomic E-state index is 12.6. The average molecular weight is 445 g/mol. The van der Waals surface area contributed by atoms with Gasteiger partial charge in [-0.2, -0.15) is 0 Å². The molecule has 9 nitrogen and oxygen atoms in total. The maximum atomic E-state index is 12.6. The second kappa shape index (κ2) is 8.75. The molecule has 9 heteroatoms. The van der Waals surface area contributed by atoms with Gasteiger partial charge in [-0.25, -0.2) is 9.59 Å². The first-order valence-electron chi connectivity index (χ1n) is 9.59. The number of fused-ring (bicyclic) bond motifs is 1. The lowest BCUT2D eigenvalue weighted by Crippen LogP contribution is -2.08. The molecule has 0 aromatic heterocycles. The molecule has 0 aliphatic carbocycles. The topological polar surface area (TPSA) is 122 Å². The summed E-state index contributed by atoms with van der Waals surface area (Å²) in [6.45, 7) is 0. The number of Topliss-reactive ketones (excluding diaryl/α,β-unsaturated/α-hetero) is 1. The van der Waals surface area contributed by atoms with Crippen molar-refractivity contribution < 1.29 is 33.5 Å². The largest absolute Gasteiger partial charge is 0.465 e. The minimum Gasteiger partial charge on any atom is -0.465 e. The second-order valence-electron chi connectivity index (χ2n) is 6.90. The van der Waals surface area contributed by atoms with Gasteiger partial charge in [0.25, 0.3) is 5.69 Å². The zero-order chi connectivity index (χ0) is 23.5. The van der Waals surface area contributed by atoms with E-state index in [1.807, 2.05) is 0 Å². The Bertz CT molecular complexity index is 1310. The number of benzene rings is 3. The van der Waals surface area contributed by atoms with Crippen molar-refractivity contribution in [1.29, 1.82) is 0 Å². The van der Waals surface area contributed by atoms with Crippen LogP contribution < -0.4 is 9.47 Å². The molecular weight excluding hydrogens is 430 g/mol. The van der Waals surface area contributed by atoms with Crippen LogP contribution in [0.3, 0.4) is 0 Å². The van der Waals surface area contributed by atoms with Crippen LogP contribution in [0.1, 0.15) is 36.6 Å². The van der Waals surface area contributed by atoms with E-state index in [1.165, 1.54) is 55.7 Å². The predicted octanol–water partition coefficient (Wildman–Crippen LogP) is 4.22. The molecule has 0 spiro atoms. The Morgan fingerprint density at radius 3 is 2.21 bits per heavy atom. The fourth-order valence-corrected chi connectivity index (χ4v) is 3.10. The number of ketones is 1. The minimum atomic E-state index is -0.712. The van der Waals surface area contributed by atoms with Gasteiger partial charge in [0.15, 0.2) is 5.76 Å². The highest BCUT2D eigenvalue weighted by Crippen LogP contribution is 2.35. The van der Waals surface area contributed by atoms with Gasteiger partial charge >= 0.3 is 11.9 Å².